The van der Waals surface area contributed by atoms with Crippen LogP contribution in [-0.4, -0.2) is 28.2 Å². The molecule has 26 heavy (non-hydrogen) atoms. The fourth-order valence-electron chi connectivity index (χ4n) is 3.33. The molecule has 3 aromatic rings. The molecule has 0 saturated carbocycles. The van der Waals surface area contributed by atoms with E-state index in [9.17, 15) is 0 Å². The lowest BCUT2D eigenvalue weighted by atomic mass is 10.1. The van der Waals surface area contributed by atoms with E-state index in [2.05, 4.69) is 57.3 Å². The van der Waals surface area contributed by atoms with Crippen molar-refractivity contribution in [2.45, 2.75) is 39.0 Å². The second-order valence-corrected chi connectivity index (χ2v) is 6.98. The largest absolute Gasteiger partial charge is 0.357 e. The van der Waals surface area contributed by atoms with Gasteiger partial charge in [0.25, 0.3) is 0 Å². The van der Waals surface area contributed by atoms with Gasteiger partial charge < -0.3 is 9.42 Å². The molecule has 0 N–H and O–H groups in total. The summed E-state index contributed by atoms with van der Waals surface area (Å²) in [5.41, 5.74) is 3.30. The summed E-state index contributed by atoms with van der Waals surface area (Å²) in [7, 11) is 0. The number of benzene rings is 1. The lowest BCUT2D eigenvalue weighted by Crippen LogP contribution is -2.24. The molecule has 0 radical (unpaired) electrons. The first kappa shape index (κ1) is 16.8. The summed E-state index contributed by atoms with van der Waals surface area (Å²) in [5.74, 6) is 2.27. The number of aryl methyl sites for hydroxylation is 1. The number of pyridine rings is 1. The summed E-state index contributed by atoms with van der Waals surface area (Å²) in [6, 6.07) is 12.5. The van der Waals surface area contributed by atoms with Crippen LogP contribution in [0.2, 0.25) is 0 Å². The standard InChI is InChI=1S/C21H24N4O/c1-16-6-8-17(9-7-16)14-20-23-21(24-26-20)18-10-11-19(22-15-18)25-12-4-2-3-5-13-25/h6-11,15H,2-5,12-14H2,1H3. The highest BCUT2D eigenvalue weighted by atomic mass is 16.5. The molecule has 2 aromatic heterocycles. The molecule has 5 heteroatoms. The van der Waals surface area contributed by atoms with Gasteiger partial charge in [0, 0.05) is 24.8 Å². The number of aromatic nitrogens is 3. The highest BCUT2D eigenvalue weighted by Gasteiger charge is 2.13. The van der Waals surface area contributed by atoms with Crippen molar-refractivity contribution in [2.24, 2.45) is 0 Å². The van der Waals surface area contributed by atoms with Gasteiger partial charge >= 0.3 is 0 Å². The monoisotopic (exact) mass is 348 g/mol. The van der Waals surface area contributed by atoms with Crippen LogP contribution in [0, 0.1) is 6.92 Å². The van der Waals surface area contributed by atoms with E-state index in [1.165, 1.54) is 36.8 Å². The van der Waals surface area contributed by atoms with Gasteiger partial charge in [-0.25, -0.2) is 4.98 Å². The Morgan fingerprint density at radius 1 is 0.962 bits per heavy atom. The van der Waals surface area contributed by atoms with Crippen LogP contribution in [0.3, 0.4) is 0 Å². The van der Waals surface area contributed by atoms with Gasteiger partial charge in [-0.1, -0.05) is 47.8 Å². The molecule has 4 rings (SSSR count). The van der Waals surface area contributed by atoms with Gasteiger partial charge in [-0.3, -0.25) is 0 Å². The fourth-order valence-corrected chi connectivity index (χ4v) is 3.33. The number of hydrogen-bond acceptors (Lipinski definition) is 5. The Morgan fingerprint density at radius 2 is 1.73 bits per heavy atom. The van der Waals surface area contributed by atoms with Crippen LogP contribution < -0.4 is 4.90 Å². The maximum atomic E-state index is 5.42. The second-order valence-electron chi connectivity index (χ2n) is 6.98. The predicted octanol–water partition coefficient (Wildman–Crippen LogP) is 4.41. The highest BCUT2D eigenvalue weighted by Crippen LogP contribution is 2.21. The summed E-state index contributed by atoms with van der Waals surface area (Å²) in [6.45, 7) is 4.27. The molecule has 0 aliphatic carbocycles. The predicted molar refractivity (Wildman–Crippen MR) is 102 cm³/mol. The molecular weight excluding hydrogens is 324 g/mol. The van der Waals surface area contributed by atoms with Crippen molar-refractivity contribution >= 4 is 5.82 Å². The maximum absolute atomic E-state index is 5.42. The molecule has 3 heterocycles. The van der Waals surface area contributed by atoms with Gasteiger partial charge in [0.05, 0.1) is 6.42 Å². The van der Waals surface area contributed by atoms with Crippen molar-refractivity contribution in [1.29, 1.82) is 0 Å². The Hall–Kier alpha value is -2.69. The third-order valence-corrected chi connectivity index (χ3v) is 4.88. The van der Waals surface area contributed by atoms with Crippen LogP contribution in [-0.2, 0) is 6.42 Å². The van der Waals surface area contributed by atoms with E-state index in [-0.39, 0.29) is 0 Å². The molecule has 1 aromatic carbocycles. The van der Waals surface area contributed by atoms with Crippen LogP contribution in [0.15, 0.2) is 47.1 Å². The van der Waals surface area contributed by atoms with Crippen LogP contribution in [0.4, 0.5) is 5.82 Å². The average molecular weight is 348 g/mol. The zero-order valence-electron chi connectivity index (χ0n) is 15.2. The quantitative estimate of drug-likeness (QED) is 0.699. The van der Waals surface area contributed by atoms with Crippen LogP contribution in [0.25, 0.3) is 11.4 Å². The number of anilines is 1. The van der Waals surface area contributed by atoms with E-state index >= 15 is 0 Å². The zero-order chi connectivity index (χ0) is 17.8. The third kappa shape index (κ3) is 3.93. The SMILES string of the molecule is Cc1ccc(Cc2nc(-c3ccc(N4CCCCCC4)nc3)no2)cc1. The van der Waals surface area contributed by atoms with Crippen molar-refractivity contribution in [2.75, 3.05) is 18.0 Å². The second kappa shape index (κ2) is 7.68. The first-order valence-electron chi connectivity index (χ1n) is 9.37. The highest BCUT2D eigenvalue weighted by molar-refractivity contribution is 5.56. The molecule has 0 amide bonds. The molecule has 1 aliphatic rings. The van der Waals surface area contributed by atoms with E-state index in [4.69, 9.17) is 4.52 Å². The summed E-state index contributed by atoms with van der Waals surface area (Å²) in [6.07, 6.45) is 7.63. The van der Waals surface area contributed by atoms with Crippen molar-refractivity contribution < 1.29 is 4.52 Å². The summed E-state index contributed by atoms with van der Waals surface area (Å²) in [4.78, 5) is 11.5. The minimum atomic E-state index is 0.599. The number of hydrogen-bond donors (Lipinski definition) is 0. The fraction of sp³-hybridized carbons (Fsp3) is 0.381. The van der Waals surface area contributed by atoms with Gasteiger partial charge in [-0.15, -0.1) is 0 Å². The molecular formula is C21H24N4O. The van der Waals surface area contributed by atoms with Crippen LogP contribution in [0.1, 0.15) is 42.7 Å². The molecule has 0 unspecified atom stereocenters. The first-order chi connectivity index (χ1) is 12.8. The van der Waals surface area contributed by atoms with Gasteiger partial charge in [0.2, 0.25) is 11.7 Å². The minimum absolute atomic E-state index is 0.599. The van der Waals surface area contributed by atoms with Crippen molar-refractivity contribution in [3.05, 3.63) is 59.6 Å². The summed E-state index contributed by atoms with van der Waals surface area (Å²) >= 11 is 0. The Balaban J connectivity index is 1.46. The van der Waals surface area contributed by atoms with Crippen molar-refractivity contribution in [1.82, 2.24) is 15.1 Å². The van der Waals surface area contributed by atoms with Gasteiger partial charge in [0.15, 0.2) is 0 Å². The lowest BCUT2D eigenvalue weighted by molar-refractivity contribution is 0.385. The maximum Gasteiger partial charge on any atom is 0.231 e. The number of rotatable bonds is 4. The number of nitrogens with zero attached hydrogens (tertiary/aromatic N) is 4. The van der Waals surface area contributed by atoms with E-state index in [1.54, 1.807) is 0 Å². The average Bonchev–Trinajstić information content (AvgIpc) is 2.96. The van der Waals surface area contributed by atoms with Gasteiger partial charge in [-0.2, -0.15) is 4.98 Å². The Labute approximate surface area is 154 Å². The van der Waals surface area contributed by atoms with Crippen molar-refractivity contribution in [3.63, 3.8) is 0 Å². The summed E-state index contributed by atoms with van der Waals surface area (Å²) < 4.78 is 5.42. The Bertz CT molecular complexity index is 831. The molecule has 0 atom stereocenters. The smallest absolute Gasteiger partial charge is 0.231 e. The zero-order valence-corrected chi connectivity index (χ0v) is 15.2. The van der Waals surface area contributed by atoms with Crippen molar-refractivity contribution in [3.8, 4) is 11.4 Å². The molecule has 5 nitrogen and oxygen atoms in total. The molecule has 1 fully saturated rings. The topological polar surface area (TPSA) is 55.1 Å². The van der Waals surface area contributed by atoms with E-state index in [0.717, 1.165) is 24.5 Å². The minimum Gasteiger partial charge on any atom is -0.357 e. The van der Waals surface area contributed by atoms with E-state index in [1.807, 2.05) is 12.3 Å². The molecule has 1 saturated heterocycles. The van der Waals surface area contributed by atoms with Gasteiger partial charge in [0.1, 0.15) is 5.82 Å². The van der Waals surface area contributed by atoms with Crippen LogP contribution in [0.5, 0.6) is 0 Å². The molecule has 134 valence electrons. The third-order valence-electron chi connectivity index (χ3n) is 4.88. The van der Waals surface area contributed by atoms with Crippen LogP contribution >= 0.6 is 0 Å². The Morgan fingerprint density at radius 3 is 2.42 bits per heavy atom. The molecule has 1 aliphatic heterocycles. The van der Waals surface area contributed by atoms with E-state index < -0.39 is 0 Å². The molecule has 0 bridgehead atoms. The van der Waals surface area contributed by atoms with E-state index in [0.29, 0.717) is 18.1 Å². The molecule has 0 spiro atoms. The first-order valence-corrected chi connectivity index (χ1v) is 9.37. The summed E-state index contributed by atoms with van der Waals surface area (Å²) in [5, 5.41) is 4.12. The lowest BCUT2D eigenvalue weighted by Gasteiger charge is -2.21. The van der Waals surface area contributed by atoms with Gasteiger partial charge in [-0.05, 0) is 37.5 Å². The normalized spacial score (nSPS) is 15.0. The Kier molecular flexibility index (Phi) is 4.95.